The predicted octanol–water partition coefficient (Wildman–Crippen LogP) is 3.75. The molecule has 3 heteroatoms. The molecule has 0 aromatic rings. The summed E-state index contributed by atoms with van der Waals surface area (Å²) in [4.78, 5) is 0. The minimum Gasteiger partial charge on any atom is -0.389 e. The molecule has 3 unspecified atom stereocenters. The monoisotopic (exact) mass is 328 g/mol. The Morgan fingerprint density at radius 1 is 1.04 bits per heavy atom. The molecule has 0 aromatic carbocycles. The first-order valence-corrected chi connectivity index (χ1v) is 9.55. The molecule has 24 heavy (non-hydrogen) atoms. The van der Waals surface area contributed by atoms with Crippen LogP contribution >= 0.6 is 0 Å². The lowest BCUT2D eigenvalue weighted by molar-refractivity contribution is -0.229. The maximum absolute atomic E-state index is 10.0. The van der Waals surface area contributed by atoms with Crippen LogP contribution in [0.4, 0.5) is 0 Å². The average molecular weight is 328 g/mol. The van der Waals surface area contributed by atoms with Gasteiger partial charge in [-0.05, 0) is 37.5 Å². The fraction of sp³-hybridized carbons (Fsp3) is 0.714. The summed E-state index contributed by atoms with van der Waals surface area (Å²) in [7, 11) is 0. The highest BCUT2D eigenvalue weighted by Gasteiger charge is 2.65. The second-order valence-electron chi connectivity index (χ2n) is 8.82. The number of fused-ring (bicyclic) bond motifs is 6. The molecule has 1 saturated heterocycles. The zero-order valence-electron chi connectivity index (χ0n) is 14.8. The number of aliphatic hydroxyl groups is 1. The van der Waals surface area contributed by atoms with Crippen molar-refractivity contribution in [2.75, 3.05) is 13.2 Å². The van der Waals surface area contributed by atoms with Gasteiger partial charge in [-0.25, -0.2) is 0 Å². The summed E-state index contributed by atoms with van der Waals surface area (Å²) in [5.41, 5.74) is 3.19. The van der Waals surface area contributed by atoms with Gasteiger partial charge in [-0.3, -0.25) is 0 Å². The summed E-state index contributed by atoms with van der Waals surface area (Å²) >= 11 is 0. The van der Waals surface area contributed by atoms with Gasteiger partial charge in [0.15, 0.2) is 5.79 Å². The third kappa shape index (κ3) is 1.73. The van der Waals surface area contributed by atoms with Crippen molar-refractivity contribution in [1.82, 2.24) is 0 Å². The van der Waals surface area contributed by atoms with Crippen molar-refractivity contribution in [3.63, 3.8) is 0 Å². The van der Waals surface area contributed by atoms with Gasteiger partial charge in [0.1, 0.15) is 0 Å². The summed E-state index contributed by atoms with van der Waals surface area (Å²) in [6.45, 7) is 6.25. The first kappa shape index (κ1) is 15.4. The first-order valence-electron chi connectivity index (χ1n) is 9.55. The molecule has 0 bridgehead atoms. The van der Waals surface area contributed by atoms with Gasteiger partial charge in [-0.15, -0.1) is 0 Å². The van der Waals surface area contributed by atoms with E-state index in [1.54, 1.807) is 5.57 Å². The molecule has 4 aliphatic carbocycles. The van der Waals surface area contributed by atoms with Crippen LogP contribution in [0.2, 0.25) is 0 Å². The lowest BCUT2D eigenvalue weighted by atomic mass is 9.52. The molecule has 1 aliphatic heterocycles. The van der Waals surface area contributed by atoms with Crippen molar-refractivity contribution in [2.24, 2.45) is 22.7 Å². The second-order valence-corrected chi connectivity index (χ2v) is 8.82. The Labute approximate surface area is 144 Å². The summed E-state index contributed by atoms with van der Waals surface area (Å²) in [5.74, 6) is 0.785. The third-order valence-corrected chi connectivity index (χ3v) is 7.90. The standard InChI is InChI=1S/C21H28O3/c1-19-8-5-15(22)13-14(19)3-4-16-17(19)6-9-20(2)18(16)7-10-21(20)23-11-12-24-21/h3-5,8,15,17-18,22H,6-7,9-13H2,1-2H3/t15?,17?,18?,19-,20-/m0/s1. The summed E-state index contributed by atoms with van der Waals surface area (Å²) < 4.78 is 12.4. The van der Waals surface area contributed by atoms with Crippen molar-refractivity contribution in [2.45, 2.75) is 57.8 Å². The number of allylic oxidation sites excluding steroid dienone is 4. The molecule has 0 amide bonds. The molecule has 3 fully saturated rings. The minimum absolute atomic E-state index is 0.0811. The predicted molar refractivity (Wildman–Crippen MR) is 92.2 cm³/mol. The summed E-state index contributed by atoms with van der Waals surface area (Å²) in [6, 6.07) is 0. The molecule has 130 valence electrons. The summed E-state index contributed by atoms with van der Waals surface area (Å²) in [6.07, 6.45) is 14.0. The van der Waals surface area contributed by atoms with Crippen molar-refractivity contribution in [1.29, 1.82) is 0 Å². The lowest BCUT2D eigenvalue weighted by Crippen LogP contribution is -2.51. The fourth-order valence-corrected chi connectivity index (χ4v) is 6.48. The van der Waals surface area contributed by atoms with E-state index in [1.807, 2.05) is 6.08 Å². The minimum atomic E-state index is -0.340. The SMILES string of the molecule is C[C@]12C=CC(O)CC1=CC=C1C2CC[C@@]2(C)C1CCC21OCCO1. The Kier molecular flexibility index (Phi) is 3.10. The van der Waals surface area contributed by atoms with E-state index in [0.29, 0.717) is 11.8 Å². The highest BCUT2D eigenvalue weighted by Crippen LogP contribution is 2.66. The molecule has 0 radical (unpaired) electrons. The van der Waals surface area contributed by atoms with Gasteiger partial charge in [0.25, 0.3) is 0 Å². The van der Waals surface area contributed by atoms with Crippen LogP contribution in [0, 0.1) is 22.7 Å². The van der Waals surface area contributed by atoms with Crippen LogP contribution in [0.25, 0.3) is 0 Å². The number of rotatable bonds is 0. The van der Waals surface area contributed by atoms with Crippen LogP contribution in [0.1, 0.15) is 46.0 Å². The molecule has 1 N–H and O–H groups in total. The molecular weight excluding hydrogens is 300 g/mol. The molecule has 0 aromatic heterocycles. The van der Waals surface area contributed by atoms with E-state index in [0.717, 1.165) is 26.1 Å². The molecule has 5 aliphatic rings. The van der Waals surface area contributed by atoms with Crippen LogP contribution in [0.3, 0.4) is 0 Å². The van der Waals surface area contributed by atoms with Crippen molar-refractivity contribution in [3.05, 3.63) is 35.5 Å². The molecule has 1 heterocycles. The van der Waals surface area contributed by atoms with Gasteiger partial charge in [0.05, 0.1) is 19.3 Å². The van der Waals surface area contributed by atoms with E-state index in [2.05, 4.69) is 32.1 Å². The van der Waals surface area contributed by atoms with E-state index >= 15 is 0 Å². The first-order chi connectivity index (χ1) is 11.5. The van der Waals surface area contributed by atoms with Gasteiger partial charge >= 0.3 is 0 Å². The number of hydrogen-bond acceptors (Lipinski definition) is 3. The number of hydrogen-bond donors (Lipinski definition) is 1. The Bertz CT molecular complexity index is 654. The second kappa shape index (κ2) is 4.84. The van der Waals surface area contributed by atoms with Crippen LogP contribution in [-0.2, 0) is 9.47 Å². The number of aliphatic hydroxyl groups excluding tert-OH is 1. The van der Waals surface area contributed by atoms with Gasteiger partial charge < -0.3 is 14.6 Å². The average Bonchev–Trinajstić information content (AvgIpc) is 3.15. The van der Waals surface area contributed by atoms with Gasteiger partial charge in [0.2, 0.25) is 0 Å². The third-order valence-electron chi connectivity index (χ3n) is 7.90. The van der Waals surface area contributed by atoms with Gasteiger partial charge in [-0.1, -0.05) is 49.3 Å². The molecule has 5 atom stereocenters. The Balaban J connectivity index is 1.56. The molecule has 5 rings (SSSR count). The van der Waals surface area contributed by atoms with Gasteiger partial charge in [0, 0.05) is 17.3 Å². The zero-order chi connectivity index (χ0) is 16.6. The highest BCUT2D eigenvalue weighted by molar-refractivity contribution is 5.43. The Morgan fingerprint density at radius 3 is 2.58 bits per heavy atom. The smallest absolute Gasteiger partial charge is 0.174 e. The van der Waals surface area contributed by atoms with Crippen LogP contribution in [0.15, 0.2) is 35.5 Å². The molecule has 1 spiro atoms. The van der Waals surface area contributed by atoms with Gasteiger partial charge in [-0.2, -0.15) is 0 Å². The molecular formula is C21H28O3. The van der Waals surface area contributed by atoms with E-state index in [4.69, 9.17) is 9.47 Å². The van der Waals surface area contributed by atoms with Crippen molar-refractivity contribution >= 4 is 0 Å². The van der Waals surface area contributed by atoms with Crippen LogP contribution in [-0.4, -0.2) is 30.2 Å². The van der Waals surface area contributed by atoms with Crippen molar-refractivity contribution in [3.8, 4) is 0 Å². The van der Waals surface area contributed by atoms with E-state index in [1.165, 1.54) is 24.8 Å². The highest BCUT2D eigenvalue weighted by atomic mass is 16.7. The molecule has 3 nitrogen and oxygen atoms in total. The fourth-order valence-electron chi connectivity index (χ4n) is 6.48. The Morgan fingerprint density at radius 2 is 1.79 bits per heavy atom. The topological polar surface area (TPSA) is 38.7 Å². The van der Waals surface area contributed by atoms with Crippen LogP contribution in [0.5, 0.6) is 0 Å². The number of ether oxygens (including phenoxy) is 2. The van der Waals surface area contributed by atoms with E-state index in [9.17, 15) is 5.11 Å². The van der Waals surface area contributed by atoms with E-state index in [-0.39, 0.29) is 22.7 Å². The zero-order valence-corrected chi connectivity index (χ0v) is 14.8. The van der Waals surface area contributed by atoms with Crippen LogP contribution < -0.4 is 0 Å². The van der Waals surface area contributed by atoms with Crippen molar-refractivity contribution < 1.29 is 14.6 Å². The quantitative estimate of drug-likeness (QED) is 0.688. The normalized spacial score (nSPS) is 48.5. The Hall–Kier alpha value is -0.900. The molecule has 2 saturated carbocycles. The lowest BCUT2D eigenvalue weighted by Gasteiger charge is -2.54. The maximum atomic E-state index is 10.0. The largest absolute Gasteiger partial charge is 0.389 e. The maximum Gasteiger partial charge on any atom is 0.174 e. The van der Waals surface area contributed by atoms with E-state index < -0.39 is 0 Å². The summed E-state index contributed by atoms with van der Waals surface area (Å²) in [5, 5.41) is 10.0.